The summed E-state index contributed by atoms with van der Waals surface area (Å²) in [6.07, 6.45) is 5.33. The van der Waals surface area contributed by atoms with Gasteiger partial charge in [-0.2, -0.15) is 0 Å². The maximum atomic E-state index is 11.3. The van der Waals surface area contributed by atoms with Gasteiger partial charge in [0.15, 0.2) is 0 Å². The number of carbonyl (C=O) groups is 1. The van der Waals surface area contributed by atoms with Gasteiger partial charge >= 0.3 is 0 Å². The zero-order valence-corrected chi connectivity index (χ0v) is 9.45. The molecule has 16 heavy (non-hydrogen) atoms. The predicted molar refractivity (Wildman–Crippen MR) is 59.7 cm³/mol. The highest BCUT2D eigenvalue weighted by Gasteiger charge is 2.39. The van der Waals surface area contributed by atoms with Crippen molar-refractivity contribution in [2.75, 3.05) is 26.2 Å². The van der Waals surface area contributed by atoms with Crippen LogP contribution in [0.4, 0.5) is 0 Å². The van der Waals surface area contributed by atoms with Crippen molar-refractivity contribution in [2.45, 2.75) is 25.0 Å². The van der Waals surface area contributed by atoms with Crippen molar-refractivity contribution in [2.24, 2.45) is 0 Å². The molecule has 0 saturated carbocycles. The van der Waals surface area contributed by atoms with Gasteiger partial charge in [0.25, 0.3) is 0 Å². The van der Waals surface area contributed by atoms with Gasteiger partial charge in [-0.3, -0.25) is 10.1 Å². The maximum Gasteiger partial charge on any atom is 0.234 e. The molecule has 1 aliphatic rings. The van der Waals surface area contributed by atoms with Crippen LogP contribution in [-0.2, 0) is 9.53 Å². The molecule has 0 aromatic rings. The van der Waals surface area contributed by atoms with Crippen molar-refractivity contribution in [1.82, 2.24) is 10.6 Å². The molecule has 2 atom stereocenters. The Bertz CT molecular complexity index is 287. The number of hydrogen-bond acceptors (Lipinski definition) is 4. The Morgan fingerprint density at radius 3 is 3.06 bits per heavy atom. The molecule has 5 nitrogen and oxygen atoms in total. The zero-order chi connectivity index (χ0) is 12.0. The first-order chi connectivity index (χ1) is 7.58. The molecule has 0 aromatic heterocycles. The van der Waals surface area contributed by atoms with Crippen LogP contribution in [0.1, 0.15) is 13.3 Å². The summed E-state index contributed by atoms with van der Waals surface area (Å²) in [4.78, 5) is 11.3. The molecule has 0 spiro atoms. The summed E-state index contributed by atoms with van der Waals surface area (Å²) >= 11 is 0. The number of hydrogen-bond donors (Lipinski definition) is 3. The maximum absolute atomic E-state index is 11.3. The normalized spacial score (nSPS) is 28.7. The monoisotopic (exact) mass is 226 g/mol. The summed E-state index contributed by atoms with van der Waals surface area (Å²) < 4.78 is 5.26. The van der Waals surface area contributed by atoms with Crippen LogP contribution in [0.2, 0.25) is 0 Å². The number of nitrogens with one attached hydrogen (secondary N) is 2. The standard InChI is InChI=1S/C11H18N2O3/c1-3-5-12-7-10(14)13-8-11(15)4-6-16-9(11)2/h1,9,12,15H,4-8H2,2H3,(H,13,14). The lowest BCUT2D eigenvalue weighted by atomic mass is 9.97. The molecule has 5 heteroatoms. The van der Waals surface area contributed by atoms with Crippen LogP contribution in [0.25, 0.3) is 0 Å². The fourth-order valence-corrected chi connectivity index (χ4v) is 1.57. The smallest absolute Gasteiger partial charge is 0.234 e. The van der Waals surface area contributed by atoms with Gasteiger partial charge in [0.05, 0.1) is 19.2 Å². The highest BCUT2D eigenvalue weighted by Crippen LogP contribution is 2.24. The summed E-state index contributed by atoms with van der Waals surface area (Å²) in [6.45, 7) is 3.07. The lowest BCUT2D eigenvalue weighted by Crippen LogP contribution is -2.49. The van der Waals surface area contributed by atoms with E-state index in [0.29, 0.717) is 19.6 Å². The molecule has 1 amide bonds. The Morgan fingerprint density at radius 1 is 1.75 bits per heavy atom. The van der Waals surface area contributed by atoms with Crippen molar-refractivity contribution in [3.8, 4) is 12.3 Å². The Kier molecular flexibility index (Phi) is 4.74. The Hall–Kier alpha value is -1.09. The third-order valence-electron chi connectivity index (χ3n) is 2.76. The number of aliphatic hydroxyl groups is 1. The molecular weight excluding hydrogens is 208 g/mol. The molecule has 1 heterocycles. The van der Waals surface area contributed by atoms with E-state index < -0.39 is 5.60 Å². The van der Waals surface area contributed by atoms with E-state index in [-0.39, 0.29) is 25.1 Å². The third kappa shape index (κ3) is 3.49. The van der Waals surface area contributed by atoms with Crippen LogP contribution in [0, 0.1) is 12.3 Å². The molecule has 3 N–H and O–H groups in total. The Morgan fingerprint density at radius 2 is 2.50 bits per heavy atom. The molecule has 0 radical (unpaired) electrons. The average Bonchev–Trinajstić information content (AvgIpc) is 2.58. The summed E-state index contributed by atoms with van der Waals surface area (Å²) in [5.41, 5.74) is -0.943. The number of amides is 1. The van der Waals surface area contributed by atoms with E-state index in [9.17, 15) is 9.90 Å². The number of ether oxygens (including phenoxy) is 1. The number of rotatable bonds is 5. The molecular formula is C11H18N2O3. The average molecular weight is 226 g/mol. The predicted octanol–water partition coefficient (Wildman–Crippen LogP) is -1.13. The summed E-state index contributed by atoms with van der Waals surface area (Å²) in [7, 11) is 0. The van der Waals surface area contributed by atoms with Crippen molar-refractivity contribution >= 4 is 5.91 Å². The fraction of sp³-hybridized carbons (Fsp3) is 0.727. The van der Waals surface area contributed by atoms with Gasteiger partial charge in [0.1, 0.15) is 5.60 Å². The first-order valence-electron chi connectivity index (χ1n) is 5.33. The Balaban J connectivity index is 2.23. The van der Waals surface area contributed by atoms with Crippen LogP contribution in [0.5, 0.6) is 0 Å². The van der Waals surface area contributed by atoms with E-state index in [0.717, 1.165) is 0 Å². The van der Waals surface area contributed by atoms with Crippen LogP contribution in [0.3, 0.4) is 0 Å². The minimum absolute atomic E-state index is 0.162. The van der Waals surface area contributed by atoms with E-state index in [1.807, 2.05) is 0 Å². The molecule has 2 unspecified atom stereocenters. The topological polar surface area (TPSA) is 70.6 Å². The van der Waals surface area contributed by atoms with Gasteiger partial charge < -0.3 is 15.2 Å². The van der Waals surface area contributed by atoms with Crippen molar-refractivity contribution < 1.29 is 14.6 Å². The Labute approximate surface area is 95.6 Å². The highest BCUT2D eigenvalue weighted by molar-refractivity contribution is 5.78. The molecule has 0 bridgehead atoms. The first kappa shape index (κ1) is 13.0. The van der Waals surface area contributed by atoms with Gasteiger partial charge in [-0.05, 0) is 6.92 Å². The lowest BCUT2D eigenvalue weighted by molar-refractivity contribution is -0.122. The van der Waals surface area contributed by atoms with E-state index in [1.54, 1.807) is 6.92 Å². The van der Waals surface area contributed by atoms with Crippen molar-refractivity contribution in [1.29, 1.82) is 0 Å². The number of terminal acetylenes is 1. The molecule has 0 aliphatic carbocycles. The van der Waals surface area contributed by atoms with Gasteiger partial charge in [-0.25, -0.2) is 0 Å². The van der Waals surface area contributed by atoms with Gasteiger partial charge in [0.2, 0.25) is 5.91 Å². The second kappa shape index (κ2) is 5.85. The SMILES string of the molecule is C#CCNCC(=O)NCC1(O)CCOC1C. The number of carbonyl (C=O) groups excluding carboxylic acids is 1. The second-order valence-electron chi connectivity index (χ2n) is 3.95. The van der Waals surface area contributed by atoms with Gasteiger partial charge in [-0.1, -0.05) is 5.92 Å². The van der Waals surface area contributed by atoms with Crippen LogP contribution in [0.15, 0.2) is 0 Å². The molecule has 0 aromatic carbocycles. The molecule has 1 rings (SSSR count). The lowest BCUT2D eigenvalue weighted by Gasteiger charge is -2.26. The highest BCUT2D eigenvalue weighted by atomic mass is 16.5. The van der Waals surface area contributed by atoms with E-state index in [1.165, 1.54) is 0 Å². The molecule has 1 fully saturated rings. The van der Waals surface area contributed by atoms with E-state index in [4.69, 9.17) is 11.2 Å². The minimum Gasteiger partial charge on any atom is -0.385 e. The van der Waals surface area contributed by atoms with Crippen LogP contribution >= 0.6 is 0 Å². The van der Waals surface area contributed by atoms with E-state index >= 15 is 0 Å². The minimum atomic E-state index is -0.943. The quantitative estimate of drug-likeness (QED) is 0.409. The zero-order valence-electron chi connectivity index (χ0n) is 9.45. The fourth-order valence-electron chi connectivity index (χ4n) is 1.57. The largest absolute Gasteiger partial charge is 0.385 e. The molecule has 90 valence electrons. The van der Waals surface area contributed by atoms with Crippen LogP contribution < -0.4 is 10.6 Å². The van der Waals surface area contributed by atoms with Crippen LogP contribution in [-0.4, -0.2) is 49.0 Å². The third-order valence-corrected chi connectivity index (χ3v) is 2.76. The van der Waals surface area contributed by atoms with Crippen molar-refractivity contribution in [3.63, 3.8) is 0 Å². The summed E-state index contributed by atoms with van der Waals surface area (Å²) in [6, 6.07) is 0. The van der Waals surface area contributed by atoms with Gasteiger partial charge in [0, 0.05) is 19.6 Å². The summed E-state index contributed by atoms with van der Waals surface area (Å²) in [5.74, 6) is 2.20. The first-order valence-corrected chi connectivity index (χ1v) is 5.33. The van der Waals surface area contributed by atoms with E-state index in [2.05, 4.69) is 16.6 Å². The molecule has 1 aliphatic heterocycles. The second-order valence-corrected chi connectivity index (χ2v) is 3.95. The molecule has 1 saturated heterocycles. The van der Waals surface area contributed by atoms with Crippen molar-refractivity contribution in [3.05, 3.63) is 0 Å². The summed E-state index contributed by atoms with van der Waals surface area (Å²) in [5, 5.41) is 15.5. The van der Waals surface area contributed by atoms with Gasteiger partial charge in [-0.15, -0.1) is 6.42 Å².